The van der Waals surface area contributed by atoms with Crippen molar-refractivity contribution in [2.75, 3.05) is 20.3 Å². The molecule has 0 amide bonds. The Morgan fingerprint density at radius 3 is 2.71 bits per heavy atom. The summed E-state index contributed by atoms with van der Waals surface area (Å²) in [7, 11) is 1.76. The van der Waals surface area contributed by atoms with Crippen LogP contribution in [0.25, 0.3) is 0 Å². The zero-order chi connectivity index (χ0) is 12.7. The molecule has 96 valence electrons. The van der Waals surface area contributed by atoms with Crippen LogP contribution in [-0.2, 0) is 4.74 Å². The molecule has 0 fully saturated rings. The third-order valence-corrected chi connectivity index (χ3v) is 3.22. The Balaban J connectivity index is 2.73. The van der Waals surface area contributed by atoms with Crippen LogP contribution >= 0.6 is 15.9 Å². The zero-order valence-electron chi connectivity index (χ0n) is 10.9. The fraction of sp³-hybridized carbons (Fsp3) is 0.571. The van der Waals surface area contributed by atoms with Crippen LogP contribution in [0, 0.1) is 6.92 Å². The molecule has 1 rings (SSSR count). The Hall–Kier alpha value is -0.380. The van der Waals surface area contributed by atoms with Crippen molar-refractivity contribution in [2.24, 2.45) is 0 Å². The molecule has 0 saturated carbocycles. The van der Waals surface area contributed by atoms with Crippen molar-refractivity contribution in [2.45, 2.75) is 32.7 Å². The molecule has 0 aliphatic rings. The number of halogens is 1. The van der Waals surface area contributed by atoms with Gasteiger partial charge in [-0.1, -0.05) is 28.9 Å². The molecule has 1 N–H and O–H groups in total. The molecule has 0 saturated heterocycles. The number of nitrogens with one attached hydrogen (secondary N) is 1. The van der Waals surface area contributed by atoms with Gasteiger partial charge in [0.25, 0.3) is 0 Å². The number of aryl methyl sites for hydroxylation is 1. The van der Waals surface area contributed by atoms with Crippen LogP contribution in [0.4, 0.5) is 0 Å². The molecule has 0 spiro atoms. The lowest BCUT2D eigenvalue weighted by Crippen LogP contribution is -2.21. The average molecular weight is 300 g/mol. The van der Waals surface area contributed by atoms with E-state index in [0.717, 1.165) is 30.5 Å². The minimum Gasteiger partial charge on any atom is -0.385 e. The smallest absolute Gasteiger partial charge is 0.0462 e. The van der Waals surface area contributed by atoms with Gasteiger partial charge in [-0.15, -0.1) is 0 Å². The average Bonchev–Trinajstić information content (AvgIpc) is 2.27. The summed E-state index contributed by atoms with van der Waals surface area (Å²) in [6.45, 7) is 6.10. The highest BCUT2D eigenvalue weighted by Crippen LogP contribution is 2.23. The molecule has 1 atom stereocenters. The molecule has 0 aromatic heterocycles. The van der Waals surface area contributed by atoms with Gasteiger partial charge >= 0.3 is 0 Å². The number of methoxy groups -OCH3 is 1. The number of ether oxygens (including phenoxy) is 1. The van der Waals surface area contributed by atoms with E-state index >= 15 is 0 Å². The quantitative estimate of drug-likeness (QED) is 0.773. The van der Waals surface area contributed by atoms with Crippen molar-refractivity contribution in [3.63, 3.8) is 0 Å². The van der Waals surface area contributed by atoms with Gasteiger partial charge < -0.3 is 10.1 Å². The molecule has 0 bridgehead atoms. The van der Waals surface area contributed by atoms with Crippen LogP contribution in [-0.4, -0.2) is 20.3 Å². The van der Waals surface area contributed by atoms with E-state index < -0.39 is 0 Å². The molecule has 0 aliphatic carbocycles. The number of benzene rings is 1. The second-order valence-electron chi connectivity index (χ2n) is 4.31. The highest BCUT2D eigenvalue weighted by molar-refractivity contribution is 9.10. The summed E-state index contributed by atoms with van der Waals surface area (Å²) in [5.41, 5.74) is 2.65. The van der Waals surface area contributed by atoms with Crippen LogP contribution < -0.4 is 5.32 Å². The van der Waals surface area contributed by atoms with E-state index in [9.17, 15) is 0 Å². The van der Waals surface area contributed by atoms with E-state index in [1.807, 2.05) is 0 Å². The van der Waals surface area contributed by atoms with E-state index in [2.05, 4.69) is 53.3 Å². The first-order chi connectivity index (χ1) is 8.17. The van der Waals surface area contributed by atoms with Crippen LogP contribution in [0.3, 0.4) is 0 Å². The third-order valence-electron chi connectivity index (χ3n) is 2.76. The van der Waals surface area contributed by atoms with Crippen molar-refractivity contribution in [3.05, 3.63) is 33.8 Å². The van der Waals surface area contributed by atoms with Gasteiger partial charge in [-0.25, -0.2) is 0 Å². The molecule has 2 nitrogen and oxygen atoms in total. The van der Waals surface area contributed by atoms with E-state index in [-0.39, 0.29) is 0 Å². The Bertz CT molecular complexity index is 321. The number of rotatable bonds is 7. The van der Waals surface area contributed by atoms with E-state index in [4.69, 9.17) is 4.74 Å². The molecule has 1 aromatic rings. The third kappa shape index (κ3) is 5.19. The predicted octanol–water partition coefficient (Wildman–Crippen LogP) is 3.83. The summed E-state index contributed by atoms with van der Waals surface area (Å²) in [5.74, 6) is 0. The molecule has 0 radical (unpaired) electrons. The maximum absolute atomic E-state index is 5.12. The maximum Gasteiger partial charge on any atom is 0.0462 e. The van der Waals surface area contributed by atoms with Crippen molar-refractivity contribution < 1.29 is 4.74 Å². The maximum atomic E-state index is 5.12. The van der Waals surface area contributed by atoms with E-state index in [0.29, 0.717) is 6.04 Å². The predicted molar refractivity (Wildman–Crippen MR) is 76.4 cm³/mol. The molecule has 0 heterocycles. The molecule has 17 heavy (non-hydrogen) atoms. The lowest BCUT2D eigenvalue weighted by Gasteiger charge is -2.19. The topological polar surface area (TPSA) is 21.3 Å². The molecule has 1 unspecified atom stereocenters. The van der Waals surface area contributed by atoms with Gasteiger partial charge in [0.05, 0.1) is 0 Å². The lowest BCUT2D eigenvalue weighted by molar-refractivity contribution is 0.189. The van der Waals surface area contributed by atoms with Gasteiger partial charge in [0, 0.05) is 24.2 Å². The van der Waals surface area contributed by atoms with Crippen molar-refractivity contribution in [1.82, 2.24) is 5.32 Å². The largest absolute Gasteiger partial charge is 0.385 e. The molecule has 0 aliphatic heterocycles. The standard InChI is InChI=1S/C14H22BrNO/c1-4-16-14(6-5-7-17-3)12-8-11(2)9-13(15)10-12/h8-10,14,16H,4-7H2,1-3H3. The van der Waals surface area contributed by atoms with Gasteiger partial charge in [-0.3, -0.25) is 0 Å². The molecule has 3 heteroatoms. The Morgan fingerprint density at radius 2 is 2.12 bits per heavy atom. The van der Waals surface area contributed by atoms with Gasteiger partial charge in [0.15, 0.2) is 0 Å². The SMILES string of the molecule is CCNC(CCCOC)c1cc(C)cc(Br)c1. The number of hydrogen-bond acceptors (Lipinski definition) is 2. The van der Waals surface area contributed by atoms with Crippen LogP contribution in [0.1, 0.15) is 36.9 Å². The lowest BCUT2D eigenvalue weighted by atomic mass is 10.0. The minimum absolute atomic E-state index is 0.423. The van der Waals surface area contributed by atoms with E-state index in [1.165, 1.54) is 11.1 Å². The van der Waals surface area contributed by atoms with E-state index in [1.54, 1.807) is 7.11 Å². The van der Waals surface area contributed by atoms with Gasteiger partial charge in [0.2, 0.25) is 0 Å². The molecule has 1 aromatic carbocycles. The van der Waals surface area contributed by atoms with Crippen molar-refractivity contribution >= 4 is 15.9 Å². The summed E-state index contributed by atoms with van der Waals surface area (Å²) in [6.07, 6.45) is 2.19. The Labute approximate surface area is 113 Å². The summed E-state index contributed by atoms with van der Waals surface area (Å²) in [5, 5.41) is 3.54. The Morgan fingerprint density at radius 1 is 1.35 bits per heavy atom. The van der Waals surface area contributed by atoms with Crippen LogP contribution in [0.2, 0.25) is 0 Å². The van der Waals surface area contributed by atoms with Crippen LogP contribution in [0.15, 0.2) is 22.7 Å². The summed E-state index contributed by atoms with van der Waals surface area (Å²) in [4.78, 5) is 0. The fourth-order valence-corrected chi connectivity index (χ4v) is 2.66. The van der Waals surface area contributed by atoms with Crippen molar-refractivity contribution in [3.8, 4) is 0 Å². The monoisotopic (exact) mass is 299 g/mol. The normalized spacial score (nSPS) is 12.7. The van der Waals surface area contributed by atoms with Gasteiger partial charge in [-0.2, -0.15) is 0 Å². The first kappa shape index (κ1) is 14.7. The minimum atomic E-state index is 0.423. The highest BCUT2D eigenvalue weighted by atomic mass is 79.9. The Kier molecular flexibility index (Phi) is 6.78. The number of hydrogen-bond donors (Lipinski definition) is 1. The first-order valence-corrected chi connectivity index (χ1v) is 6.96. The molecular formula is C14H22BrNO. The van der Waals surface area contributed by atoms with Crippen LogP contribution in [0.5, 0.6) is 0 Å². The second-order valence-corrected chi connectivity index (χ2v) is 5.22. The fourth-order valence-electron chi connectivity index (χ4n) is 2.03. The van der Waals surface area contributed by atoms with Crippen molar-refractivity contribution in [1.29, 1.82) is 0 Å². The highest BCUT2D eigenvalue weighted by Gasteiger charge is 2.10. The first-order valence-electron chi connectivity index (χ1n) is 6.16. The molecular weight excluding hydrogens is 278 g/mol. The summed E-state index contributed by atoms with van der Waals surface area (Å²) in [6, 6.07) is 7.02. The zero-order valence-corrected chi connectivity index (χ0v) is 12.5. The second kappa shape index (κ2) is 7.85. The van der Waals surface area contributed by atoms with Gasteiger partial charge in [-0.05, 0) is 49.6 Å². The summed E-state index contributed by atoms with van der Waals surface area (Å²) >= 11 is 3.56. The van der Waals surface area contributed by atoms with Gasteiger partial charge in [0.1, 0.15) is 0 Å². The summed E-state index contributed by atoms with van der Waals surface area (Å²) < 4.78 is 6.27.